The lowest BCUT2D eigenvalue weighted by Crippen LogP contribution is -2.18. The lowest BCUT2D eigenvalue weighted by Gasteiger charge is -2.08. The summed E-state index contributed by atoms with van der Waals surface area (Å²) in [6.45, 7) is 4.24. The van der Waals surface area contributed by atoms with E-state index in [4.69, 9.17) is 10.5 Å². The molecule has 0 aliphatic rings. The van der Waals surface area contributed by atoms with Gasteiger partial charge in [0.05, 0.1) is 6.54 Å². The molecule has 0 fully saturated rings. The first-order valence-corrected chi connectivity index (χ1v) is 9.98. The number of unbranched alkanes of at least 4 members (excludes halogenated alkanes) is 1. The Morgan fingerprint density at radius 3 is 2.57 bits per heavy atom. The summed E-state index contributed by atoms with van der Waals surface area (Å²) in [6.07, 6.45) is 5.13. The Balaban J connectivity index is 1.49. The molecule has 4 rings (SSSR count). The van der Waals surface area contributed by atoms with E-state index in [0.29, 0.717) is 29.4 Å². The van der Waals surface area contributed by atoms with Crippen LogP contribution in [0.4, 0.5) is 5.82 Å². The predicted octanol–water partition coefficient (Wildman–Crippen LogP) is 3.59. The van der Waals surface area contributed by atoms with E-state index in [1.54, 1.807) is 19.2 Å². The summed E-state index contributed by atoms with van der Waals surface area (Å²) in [6, 6.07) is 11.7. The van der Waals surface area contributed by atoms with Gasteiger partial charge in [0, 0.05) is 12.3 Å². The molecule has 0 spiro atoms. The summed E-state index contributed by atoms with van der Waals surface area (Å²) in [5.41, 5.74) is 8.67. The molecule has 0 saturated heterocycles. The number of nitrogens with zero attached hydrogens (tertiary/aromatic N) is 4. The third-order valence-electron chi connectivity index (χ3n) is 4.87. The number of benzene rings is 1. The summed E-state index contributed by atoms with van der Waals surface area (Å²) in [5.74, 6) is 2.01. The van der Waals surface area contributed by atoms with Gasteiger partial charge in [-0.2, -0.15) is 0 Å². The number of nitrogen functional groups attached to an aromatic ring is 1. The SMILES string of the molecule is CCCCc1ccc(Oc2ccc(Cn3c(=O)[nH]c4c(N)nc(C)nc43)cn2)cc1. The van der Waals surface area contributed by atoms with Gasteiger partial charge in [-0.3, -0.25) is 4.57 Å². The van der Waals surface area contributed by atoms with Gasteiger partial charge < -0.3 is 15.5 Å². The highest BCUT2D eigenvalue weighted by Crippen LogP contribution is 2.21. The average Bonchev–Trinajstić information content (AvgIpc) is 3.05. The number of hydrogen-bond acceptors (Lipinski definition) is 6. The maximum atomic E-state index is 12.3. The molecule has 0 bridgehead atoms. The molecule has 3 aromatic heterocycles. The number of rotatable bonds is 7. The van der Waals surface area contributed by atoms with Crippen LogP contribution in [0.25, 0.3) is 11.2 Å². The molecule has 0 amide bonds. The fourth-order valence-corrected chi connectivity index (χ4v) is 3.28. The molecule has 1 aromatic carbocycles. The second-order valence-electron chi connectivity index (χ2n) is 7.23. The van der Waals surface area contributed by atoms with Crippen LogP contribution in [-0.4, -0.2) is 24.5 Å². The molecule has 154 valence electrons. The van der Waals surface area contributed by atoms with Gasteiger partial charge >= 0.3 is 5.69 Å². The monoisotopic (exact) mass is 404 g/mol. The Morgan fingerprint density at radius 2 is 1.87 bits per heavy atom. The van der Waals surface area contributed by atoms with Crippen molar-refractivity contribution in [3.8, 4) is 11.6 Å². The van der Waals surface area contributed by atoms with Crippen molar-refractivity contribution in [2.75, 3.05) is 5.73 Å². The van der Waals surface area contributed by atoms with Crippen LogP contribution in [-0.2, 0) is 13.0 Å². The molecule has 3 heterocycles. The first-order chi connectivity index (χ1) is 14.5. The van der Waals surface area contributed by atoms with Crippen molar-refractivity contribution in [1.29, 1.82) is 0 Å². The van der Waals surface area contributed by atoms with E-state index in [1.165, 1.54) is 23.0 Å². The standard InChI is InChI=1S/C22H24N6O2/c1-3-4-5-15-6-9-17(10-7-15)30-18-11-8-16(12-24-18)13-28-21-19(27-22(28)29)20(23)25-14(2)26-21/h6-12H,3-5,13H2,1-2H3,(H,27,29)(H2,23,25,26). The minimum atomic E-state index is -0.292. The number of nitrogens with one attached hydrogen (secondary N) is 1. The number of imidazole rings is 1. The zero-order valence-electron chi connectivity index (χ0n) is 17.1. The Hall–Kier alpha value is -3.68. The Labute approximate surface area is 173 Å². The van der Waals surface area contributed by atoms with Crippen LogP contribution in [0, 0.1) is 6.92 Å². The Kier molecular flexibility index (Phi) is 5.47. The van der Waals surface area contributed by atoms with Crippen LogP contribution in [0.2, 0.25) is 0 Å². The van der Waals surface area contributed by atoms with Gasteiger partial charge in [-0.25, -0.2) is 19.7 Å². The molecular formula is C22H24N6O2. The van der Waals surface area contributed by atoms with E-state index in [9.17, 15) is 4.79 Å². The summed E-state index contributed by atoms with van der Waals surface area (Å²) in [7, 11) is 0. The second-order valence-corrected chi connectivity index (χ2v) is 7.23. The minimum absolute atomic E-state index is 0.260. The van der Waals surface area contributed by atoms with Crippen LogP contribution in [0.5, 0.6) is 11.6 Å². The van der Waals surface area contributed by atoms with E-state index in [2.05, 4.69) is 39.0 Å². The van der Waals surface area contributed by atoms with Crippen molar-refractivity contribution >= 4 is 17.0 Å². The predicted molar refractivity (Wildman–Crippen MR) is 116 cm³/mol. The summed E-state index contributed by atoms with van der Waals surface area (Å²) < 4.78 is 7.35. The topological polar surface area (TPSA) is 112 Å². The van der Waals surface area contributed by atoms with Crippen LogP contribution < -0.4 is 16.2 Å². The zero-order chi connectivity index (χ0) is 21.1. The first kappa shape index (κ1) is 19.6. The van der Waals surface area contributed by atoms with Crippen molar-refractivity contribution in [3.63, 3.8) is 0 Å². The molecule has 0 atom stereocenters. The summed E-state index contributed by atoms with van der Waals surface area (Å²) >= 11 is 0. The van der Waals surface area contributed by atoms with Gasteiger partial charge in [0.15, 0.2) is 11.5 Å². The van der Waals surface area contributed by atoms with E-state index >= 15 is 0 Å². The van der Waals surface area contributed by atoms with E-state index in [1.807, 2.05) is 18.2 Å². The quantitative estimate of drug-likeness (QED) is 0.487. The number of pyridine rings is 1. The third-order valence-corrected chi connectivity index (χ3v) is 4.87. The Bertz CT molecular complexity index is 1210. The zero-order valence-corrected chi connectivity index (χ0v) is 17.1. The van der Waals surface area contributed by atoms with Crippen molar-refractivity contribution in [2.24, 2.45) is 0 Å². The van der Waals surface area contributed by atoms with Crippen molar-refractivity contribution in [3.05, 3.63) is 70.0 Å². The smallest absolute Gasteiger partial charge is 0.328 e. The van der Waals surface area contributed by atoms with E-state index < -0.39 is 0 Å². The maximum absolute atomic E-state index is 12.3. The number of H-pyrrole nitrogens is 1. The Morgan fingerprint density at radius 1 is 1.10 bits per heavy atom. The lowest BCUT2D eigenvalue weighted by atomic mass is 10.1. The number of anilines is 1. The number of nitrogens with two attached hydrogens (primary N) is 1. The summed E-state index contributed by atoms with van der Waals surface area (Å²) in [5, 5.41) is 0. The fraction of sp³-hybridized carbons (Fsp3) is 0.273. The molecule has 0 saturated carbocycles. The van der Waals surface area contributed by atoms with Crippen LogP contribution in [0.15, 0.2) is 47.4 Å². The first-order valence-electron chi connectivity index (χ1n) is 9.98. The molecule has 4 aromatic rings. The number of ether oxygens (including phenoxy) is 1. The number of aromatic nitrogens is 5. The molecule has 0 radical (unpaired) electrons. The van der Waals surface area contributed by atoms with Gasteiger partial charge in [0.1, 0.15) is 17.1 Å². The van der Waals surface area contributed by atoms with Crippen LogP contribution >= 0.6 is 0 Å². The highest BCUT2D eigenvalue weighted by Gasteiger charge is 2.13. The molecule has 30 heavy (non-hydrogen) atoms. The summed E-state index contributed by atoms with van der Waals surface area (Å²) in [4.78, 5) is 27.9. The molecular weight excluding hydrogens is 380 g/mol. The van der Waals surface area contributed by atoms with Crippen molar-refractivity contribution in [2.45, 2.75) is 39.7 Å². The van der Waals surface area contributed by atoms with E-state index in [-0.39, 0.29) is 11.5 Å². The number of aryl methyl sites for hydroxylation is 2. The van der Waals surface area contributed by atoms with Gasteiger partial charge in [0.2, 0.25) is 5.88 Å². The molecule has 0 aliphatic carbocycles. The maximum Gasteiger partial charge on any atom is 0.328 e. The number of hydrogen-bond donors (Lipinski definition) is 2. The van der Waals surface area contributed by atoms with Gasteiger partial charge in [0.25, 0.3) is 0 Å². The van der Waals surface area contributed by atoms with Crippen molar-refractivity contribution < 1.29 is 4.74 Å². The highest BCUT2D eigenvalue weighted by atomic mass is 16.5. The second kappa shape index (κ2) is 8.36. The fourth-order valence-electron chi connectivity index (χ4n) is 3.28. The van der Waals surface area contributed by atoms with Crippen LogP contribution in [0.3, 0.4) is 0 Å². The molecule has 8 heteroatoms. The van der Waals surface area contributed by atoms with Crippen molar-refractivity contribution in [1.82, 2.24) is 24.5 Å². The third kappa shape index (κ3) is 4.17. The number of fused-ring (bicyclic) bond motifs is 1. The minimum Gasteiger partial charge on any atom is -0.439 e. The van der Waals surface area contributed by atoms with Gasteiger partial charge in [-0.1, -0.05) is 31.5 Å². The molecule has 0 unspecified atom stereocenters. The van der Waals surface area contributed by atoms with Crippen LogP contribution in [0.1, 0.15) is 36.7 Å². The average molecular weight is 404 g/mol. The van der Waals surface area contributed by atoms with Gasteiger partial charge in [-0.05, 0) is 43.0 Å². The molecule has 3 N–H and O–H groups in total. The number of aromatic amines is 1. The van der Waals surface area contributed by atoms with Gasteiger partial charge in [-0.15, -0.1) is 0 Å². The molecule has 8 nitrogen and oxygen atoms in total. The normalized spacial score (nSPS) is 11.1. The largest absolute Gasteiger partial charge is 0.439 e. The van der Waals surface area contributed by atoms with E-state index in [0.717, 1.165) is 17.7 Å². The lowest BCUT2D eigenvalue weighted by molar-refractivity contribution is 0.462. The molecule has 0 aliphatic heterocycles. The highest BCUT2D eigenvalue weighted by molar-refractivity contribution is 5.81.